The molecule has 194 valence electrons. The van der Waals surface area contributed by atoms with Crippen molar-refractivity contribution in [1.82, 2.24) is 5.32 Å². The van der Waals surface area contributed by atoms with Crippen molar-refractivity contribution in [3.05, 3.63) is 52.3 Å². The molecule has 0 aliphatic heterocycles. The molecule has 35 heavy (non-hydrogen) atoms. The fourth-order valence-corrected chi connectivity index (χ4v) is 7.28. The standard InChI is InChI=1S/C23H32BrFN2O6SSi/c1-5-35(6-2,7-3)33-22(16-8-10-20(28)19(12-16)27-34(4,30)31)14-26-23(29)15-32-21-11-9-17(24)13-18(21)25/h8-13,22,27-28H,5-7,14-15H2,1-4H3,(H,26,29). The van der Waals surface area contributed by atoms with Crippen molar-refractivity contribution in [1.29, 1.82) is 0 Å². The third-order valence-corrected chi connectivity index (χ3v) is 11.5. The number of nitrogens with one attached hydrogen (secondary N) is 2. The van der Waals surface area contributed by atoms with Crippen LogP contribution in [0, 0.1) is 5.82 Å². The molecule has 1 unspecified atom stereocenters. The zero-order valence-corrected chi connectivity index (χ0v) is 23.6. The number of hydrogen-bond acceptors (Lipinski definition) is 6. The summed E-state index contributed by atoms with van der Waals surface area (Å²) in [4.78, 5) is 12.5. The molecule has 3 N–H and O–H groups in total. The van der Waals surface area contributed by atoms with Crippen molar-refractivity contribution in [2.75, 3.05) is 24.1 Å². The summed E-state index contributed by atoms with van der Waals surface area (Å²) in [6.45, 7) is 5.91. The van der Waals surface area contributed by atoms with Crippen LogP contribution in [0.5, 0.6) is 11.5 Å². The lowest BCUT2D eigenvalue weighted by atomic mass is 10.1. The third kappa shape index (κ3) is 8.78. The van der Waals surface area contributed by atoms with Crippen molar-refractivity contribution in [2.24, 2.45) is 0 Å². The summed E-state index contributed by atoms with van der Waals surface area (Å²) in [7, 11) is -5.75. The number of carbonyl (C=O) groups is 1. The number of phenolic OH excluding ortho intramolecular Hbond substituents is 1. The molecule has 0 saturated heterocycles. The second kappa shape index (κ2) is 12.7. The number of phenols is 1. The van der Waals surface area contributed by atoms with Crippen LogP contribution in [0.1, 0.15) is 32.4 Å². The van der Waals surface area contributed by atoms with E-state index in [1.54, 1.807) is 12.1 Å². The normalized spacial score (nSPS) is 12.7. The maximum atomic E-state index is 14.0. The van der Waals surface area contributed by atoms with Gasteiger partial charge in [0.25, 0.3) is 5.91 Å². The van der Waals surface area contributed by atoms with Gasteiger partial charge in [-0.05, 0) is 54.0 Å². The van der Waals surface area contributed by atoms with Crippen LogP contribution in [0.2, 0.25) is 18.1 Å². The quantitative estimate of drug-likeness (QED) is 0.225. The van der Waals surface area contributed by atoms with Crippen LogP contribution in [0.4, 0.5) is 10.1 Å². The summed E-state index contributed by atoms with van der Waals surface area (Å²) >= 11 is 3.17. The van der Waals surface area contributed by atoms with Crippen LogP contribution in [0.15, 0.2) is 40.9 Å². The lowest BCUT2D eigenvalue weighted by Crippen LogP contribution is -2.41. The van der Waals surface area contributed by atoms with Crippen LogP contribution < -0.4 is 14.8 Å². The predicted octanol–water partition coefficient (Wildman–Crippen LogP) is 4.92. The molecule has 0 saturated carbocycles. The van der Waals surface area contributed by atoms with Crippen LogP contribution in [0.3, 0.4) is 0 Å². The first-order chi connectivity index (χ1) is 16.4. The molecule has 0 spiro atoms. The fraction of sp³-hybridized carbons (Fsp3) is 0.435. The van der Waals surface area contributed by atoms with Gasteiger partial charge in [0.05, 0.1) is 18.0 Å². The lowest BCUT2D eigenvalue weighted by Gasteiger charge is -2.34. The van der Waals surface area contributed by atoms with Gasteiger partial charge in [-0.1, -0.05) is 42.8 Å². The van der Waals surface area contributed by atoms with Gasteiger partial charge >= 0.3 is 0 Å². The molecule has 2 rings (SSSR count). The lowest BCUT2D eigenvalue weighted by molar-refractivity contribution is -0.123. The van der Waals surface area contributed by atoms with Gasteiger partial charge in [-0.3, -0.25) is 9.52 Å². The summed E-state index contributed by atoms with van der Waals surface area (Å²) in [6.07, 6.45) is 0.403. The Hall–Kier alpha value is -2.15. The molecule has 0 aliphatic rings. The molecule has 2 aromatic carbocycles. The highest BCUT2D eigenvalue weighted by molar-refractivity contribution is 9.10. The minimum Gasteiger partial charge on any atom is -0.506 e. The smallest absolute Gasteiger partial charge is 0.258 e. The van der Waals surface area contributed by atoms with E-state index >= 15 is 0 Å². The van der Waals surface area contributed by atoms with Crippen molar-refractivity contribution in [3.8, 4) is 11.5 Å². The average Bonchev–Trinajstić information content (AvgIpc) is 2.80. The highest BCUT2D eigenvalue weighted by atomic mass is 79.9. The number of amides is 1. The molecule has 0 heterocycles. The molecule has 12 heteroatoms. The number of ether oxygens (including phenoxy) is 1. The number of sulfonamides is 1. The van der Waals surface area contributed by atoms with E-state index in [1.807, 2.05) is 0 Å². The van der Waals surface area contributed by atoms with E-state index < -0.39 is 36.2 Å². The van der Waals surface area contributed by atoms with Gasteiger partial charge in [-0.15, -0.1) is 0 Å². The second-order valence-corrected chi connectivity index (χ2v) is 15.6. The topological polar surface area (TPSA) is 114 Å². The number of carbonyl (C=O) groups excluding carboxylic acids is 1. The minimum absolute atomic E-state index is 0.0238. The monoisotopic (exact) mass is 590 g/mol. The molecule has 0 fully saturated rings. The molecule has 0 aromatic heterocycles. The van der Waals surface area contributed by atoms with E-state index in [1.165, 1.54) is 24.3 Å². The molecule has 1 atom stereocenters. The maximum Gasteiger partial charge on any atom is 0.258 e. The first kappa shape index (κ1) is 29.1. The number of benzene rings is 2. The highest BCUT2D eigenvalue weighted by Gasteiger charge is 2.33. The zero-order chi connectivity index (χ0) is 26.2. The molecular formula is C23H32BrFN2O6SSi. The predicted molar refractivity (Wildman–Crippen MR) is 140 cm³/mol. The van der Waals surface area contributed by atoms with Crippen molar-refractivity contribution in [3.63, 3.8) is 0 Å². The minimum atomic E-state index is -3.62. The molecule has 0 aliphatic carbocycles. The summed E-state index contributed by atoms with van der Waals surface area (Å²) in [5.74, 6) is -1.32. The largest absolute Gasteiger partial charge is 0.506 e. The number of aromatic hydroxyl groups is 1. The zero-order valence-electron chi connectivity index (χ0n) is 20.2. The SMILES string of the molecule is CC[Si](CC)(CC)OC(CNC(=O)COc1ccc(Br)cc1F)c1ccc(O)c(NS(C)(=O)=O)c1. The van der Waals surface area contributed by atoms with E-state index in [0.29, 0.717) is 10.0 Å². The molecule has 2 aromatic rings. The number of hydrogen-bond donors (Lipinski definition) is 3. The summed E-state index contributed by atoms with van der Waals surface area (Å²) in [6, 6.07) is 11.4. The molecular weight excluding hydrogens is 559 g/mol. The number of halogens is 2. The fourth-order valence-electron chi connectivity index (χ4n) is 3.56. The van der Waals surface area contributed by atoms with Gasteiger partial charge in [0, 0.05) is 11.0 Å². The number of rotatable bonds is 13. The van der Waals surface area contributed by atoms with E-state index in [2.05, 4.69) is 46.7 Å². The van der Waals surface area contributed by atoms with Crippen molar-refractivity contribution >= 4 is 45.9 Å². The van der Waals surface area contributed by atoms with Gasteiger partial charge in [0.15, 0.2) is 26.5 Å². The first-order valence-corrected chi connectivity index (χ1v) is 16.5. The van der Waals surface area contributed by atoms with Crippen molar-refractivity contribution in [2.45, 2.75) is 45.0 Å². The summed E-state index contributed by atoms with van der Waals surface area (Å²) in [5, 5.41) is 12.9. The number of anilines is 1. The van der Waals surface area contributed by atoms with Gasteiger partial charge < -0.3 is 19.6 Å². The average molecular weight is 592 g/mol. The Kier molecular flexibility index (Phi) is 10.6. The van der Waals surface area contributed by atoms with Crippen LogP contribution >= 0.6 is 15.9 Å². The Morgan fingerprint density at radius 1 is 1.14 bits per heavy atom. The Morgan fingerprint density at radius 3 is 2.37 bits per heavy atom. The summed E-state index contributed by atoms with van der Waals surface area (Å²) < 4.78 is 52.1. The van der Waals surface area contributed by atoms with Gasteiger partial charge in [-0.25, -0.2) is 12.8 Å². The molecule has 0 radical (unpaired) electrons. The Bertz CT molecular complexity index is 1120. The van der Waals surface area contributed by atoms with Gasteiger partial charge in [0.2, 0.25) is 10.0 Å². The van der Waals surface area contributed by atoms with Crippen LogP contribution in [-0.4, -0.2) is 47.2 Å². The third-order valence-electron chi connectivity index (χ3n) is 5.75. The summed E-state index contributed by atoms with van der Waals surface area (Å²) in [5.41, 5.74) is 0.622. The van der Waals surface area contributed by atoms with E-state index in [-0.39, 0.29) is 30.3 Å². The van der Waals surface area contributed by atoms with Crippen LogP contribution in [0.25, 0.3) is 0 Å². The molecule has 1 amide bonds. The van der Waals surface area contributed by atoms with E-state index in [9.17, 15) is 22.7 Å². The highest BCUT2D eigenvalue weighted by Crippen LogP contribution is 2.33. The van der Waals surface area contributed by atoms with E-state index in [0.717, 1.165) is 24.4 Å². The van der Waals surface area contributed by atoms with Crippen molar-refractivity contribution < 1.29 is 31.9 Å². The van der Waals surface area contributed by atoms with Gasteiger partial charge in [0.1, 0.15) is 5.75 Å². The molecule has 8 nitrogen and oxygen atoms in total. The Morgan fingerprint density at radius 2 is 1.80 bits per heavy atom. The molecule has 0 bridgehead atoms. The van der Waals surface area contributed by atoms with E-state index in [4.69, 9.17) is 9.16 Å². The Labute approximate surface area is 215 Å². The maximum absolute atomic E-state index is 14.0. The first-order valence-electron chi connectivity index (χ1n) is 11.2. The van der Waals surface area contributed by atoms with Crippen LogP contribution in [-0.2, 0) is 19.2 Å². The second-order valence-electron chi connectivity index (χ2n) is 8.17. The Balaban J connectivity index is 2.21. The van der Waals surface area contributed by atoms with Gasteiger partial charge in [-0.2, -0.15) is 0 Å².